The fourth-order valence-electron chi connectivity index (χ4n) is 4.42. The Kier molecular flexibility index (Phi) is 2.77. The van der Waals surface area contributed by atoms with Crippen molar-refractivity contribution >= 4 is 23.3 Å². The minimum absolute atomic E-state index is 0.260. The maximum absolute atomic E-state index is 12.2. The topological polar surface area (TPSA) is 91.6 Å². The van der Waals surface area contributed by atoms with Crippen molar-refractivity contribution in [2.75, 3.05) is 24.5 Å². The number of carbonyl (C=O) groups excluding carboxylic acids is 2. The standard InChI is InChI=1S/C17H20N6O2/c1-17(2)10-7-22(8-11(10)17)13-5-12(21-23-4-3-18-14(13)23)9-6-19-16(25)20-15(9)24/h3-5,9-11H,6-8H2,1-2H3,(H2,19,20,24,25). The van der Waals surface area contributed by atoms with Crippen molar-refractivity contribution < 1.29 is 9.59 Å². The summed E-state index contributed by atoms with van der Waals surface area (Å²) in [6, 6.07) is 1.51. The van der Waals surface area contributed by atoms with Crippen molar-refractivity contribution in [1.82, 2.24) is 25.2 Å². The summed E-state index contributed by atoms with van der Waals surface area (Å²) < 4.78 is 1.73. The number of carbonyl (C=O) groups is 2. The van der Waals surface area contributed by atoms with Gasteiger partial charge in [0, 0.05) is 32.0 Å². The zero-order valence-corrected chi connectivity index (χ0v) is 14.2. The molecule has 1 aliphatic carbocycles. The van der Waals surface area contributed by atoms with E-state index in [1.54, 1.807) is 16.9 Å². The Bertz CT molecular complexity index is 890. The van der Waals surface area contributed by atoms with Crippen LogP contribution in [0.2, 0.25) is 0 Å². The highest BCUT2D eigenvalue weighted by atomic mass is 16.2. The van der Waals surface area contributed by atoms with Crippen LogP contribution < -0.4 is 15.5 Å². The number of aromatic nitrogens is 3. The third-order valence-corrected chi connectivity index (χ3v) is 6.20. The van der Waals surface area contributed by atoms with Gasteiger partial charge >= 0.3 is 6.03 Å². The van der Waals surface area contributed by atoms with E-state index in [1.165, 1.54) is 0 Å². The molecular formula is C17H20N6O2. The number of amides is 3. The highest BCUT2D eigenvalue weighted by Crippen LogP contribution is 2.62. The number of rotatable bonds is 2. The quantitative estimate of drug-likeness (QED) is 0.841. The van der Waals surface area contributed by atoms with Gasteiger partial charge in [0.25, 0.3) is 0 Å². The van der Waals surface area contributed by atoms with E-state index in [2.05, 4.69) is 39.5 Å². The molecule has 3 unspecified atom stereocenters. The minimum Gasteiger partial charge on any atom is -0.368 e. The van der Waals surface area contributed by atoms with Crippen LogP contribution in [0.3, 0.4) is 0 Å². The number of imidazole rings is 1. The molecule has 2 aromatic heterocycles. The van der Waals surface area contributed by atoms with E-state index in [9.17, 15) is 9.59 Å². The molecule has 3 fully saturated rings. The van der Waals surface area contributed by atoms with Gasteiger partial charge in [0.05, 0.1) is 17.3 Å². The van der Waals surface area contributed by atoms with Gasteiger partial charge in [-0.3, -0.25) is 10.1 Å². The van der Waals surface area contributed by atoms with Crippen LogP contribution >= 0.6 is 0 Å². The molecule has 8 nitrogen and oxygen atoms in total. The number of nitrogens with one attached hydrogen (secondary N) is 2. The van der Waals surface area contributed by atoms with Gasteiger partial charge in [-0.05, 0) is 23.3 Å². The van der Waals surface area contributed by atoms with Gasteiger partial charge in [0.2, 0.25) is 5.91 Å². The molecule has 4 heterocycles. The molecule has 0 aromatic carbocycles. The first-order valence-corrected chi connectivity index (χ1v) is 8.63. The Morgan fingerprint density at radius 3 is 2.72 bits per heavy atom. The molecule has 3 atom stereocenters. The SMILES string of the molecule is CC1(C)C2CN(c3cc(C4CNC(=O)NC4=O)nn4ccnc34)CC21. The molecule has 2 aliphatic heterocycles. The molecule has 8 heteroatoms. The number of urea groups is 1. The lowest BCUT2D eigenvalue weighted by molar-refractivity contribution is -0.122. The zero-order valence-electron chi connectivity index (χ0n) is 14.2. The third-order valence-electron chi connectivity index (χ3n) is 6.20. The Balaban J connectivity index is 1.52. The van der Waals surface area contributed by atoms with Gasteiger partial charge in [-0.1, -0.05) is 13.8 Å². The second kappa shape index (κ2) is 4.71. The number of fused-ring (bicyclic) bond motifs is 2. The maximum Gasteiger partial charge on any atom is 0.321 e. The predicted octanol–water partition coefficient (Wildman–Crippen LogP) is 0.744. The lowest BCUT2D eigenvalue weighted by atomic mass is 10.0. The van der Waals surface area contributed by atoms with Gasteiger partial charge in [-0.25, -0.2) is 14.3 Å². The third kappa shape index (κ3) is 2.06. The van der Waals surface area contributed by atoms with E-state index in [-0.39, 0.29) is 12.5 Å². The number of anilines is 1. The molecule has 2 aromatic rings. The summed E-state index contributed by atoms with van der Waals surface area (Å²) >= 11 is 0. The van der Waals surface area contributed by atoms with Gasteiger partial charge in [-0.2, -0.15) is 5.10 Å². The van der Waals surface area contributed by atoms with E-state index in [1.807, 2.05) is 6.07 Å². The summed E-state index contributed by atoms with van der Waals surface area (Å²) in [5.41, 5.74) is 2.91. The van der Waals surface area contributed by atoms with E-state index in [4.69, 9.17) is 0 Å². The van der Waals surface area contributed by atoms with Crippen molar-refractivity contribution in [3.8, 4) is 0 Å². The van der Waals surface area contributed by atoms with Crippen molar-refractivity contribution in [2.24, 2.45) is 17.3 Å². The molecule has 5 rings (SSSR count). The first kappa shape index (κ1) is 14.7. The largest absolute Gasteiger partial charge is 0.368 e. The van der Waals surface area contributed by atoms with Crippen LogP contribution in [0, 0.1) is 17.3 Å². The molecule has 0 radical (unpaired) electrons. The summed E-state index contributed by atoms with van der Waals surface area (Å²) in [4.78, 5) is 30.3. The van der Waals surface area contributed by atoms with E-state index >= 15 is 0 Å². The first-order chi connectivity index (χ1) is 11.9. The van der Waals surface area contributed by atoms with E-state index < -0.39 is 11.9 Å². The van der Waals surface area contributed by atoms with Crippen molar-refractivity contribution in [3.05, 3.63) is 24.2 Å². The van der Waals surface area contributed by atoms with Crippen LogP contribution in [-0.2, 0) is 4.79 Å². The molecule has 3 aliphatic rings. The van der Waals surface area contributed by atoms with Gasteiger partial charge < -0.3 is 10.2 Å². The molecule has 0 spiro atoms. The Morgan fingerprint density at radius 1 is 1.24 bits per heavy atom. The van der Waals surface area contributed by atoms with Crippen LogP contribution in [0.5, 0.6) is 0 Å². The second-order valence-corrected chi connectivity index (χ2v) is 7.84. The Hall–Kier alpha value is -2.64. The monoisotopic (exact) mass is 340 g/mol. The van der Waals surface area contributed by atoms with Crippen LogP contribution in [0.15, 0.2) is 18.5 Å². The van der Waals surface area contributed by atoms with Crippen LogP contribution in [0.1, 0.15) is 25.5 Å². The lowest BCUT2D eigenvalue weighted by Crippen LogP contribution is -2.51. The molecule has 0 bridgehead atoms. The summed E-state index contributed by atoms with van der Waals surface area (Å²) in [5.74, 6) is 0.636. The average molecular weight is 340 g/mol. The highest BCUT2D eigenvalue weighted by Gasteiger charge is 2.62. The normalized spacial score (nSPS) is 30.2. The maximum atomic E-state index is 12.2. The van der Waals surface area contributed by atoms with Crippen molar-refractivity contribution in [2.45, 2.75) is 19.8 Å². The number of nitrogens with zero attached hydrogens (tertiary/aromatic N) is 4. The molecule has 1 saturated carbocycles. The second-order valence-electron chi connectivity index (χ2n) is 7.84. The van der Waals surface area contributed by atoms with Crippen LogP contribution in [-0.4, -0.2) is 46.2 Å². The number of imide groups is 1. The molecule has 130 valence electrons. The van der Waals surface area contributed by atoms with E-state index in [0.29, 0.717) is 11.1 Å². The summed E-state index contributed by atoms with van der Waals surface area (Å²) in [6.07, 6.45) is 3.52. The van der Waals surface area contributed by atoms with Crippen LogP contribution in [0.25, 0.3) is 5.65 Å². The summed E-state index contributed by atoms with van der Waals surface area (Å²) in [7, 11) is 0. The van der Waals surface area contributed by atoms with E-state index in [0.717, 1.165) is 36.3 Å². The number of hydrogen-bond donors (Lipinski definition) is 2. The molecule has 25 heavy (non-hydrogen) atoms. The Morgan fingerprint density at radius 2 is 2.00 bits per heavy atom. The number of piperidine rings is 1. The fourth-order valence-corrected chi connectivity index (χ4v) is 4.42. The highest BCUT2D eigenvalue weighted by molar-refractivity contribution is 6.00. The summed E-state index contributed by atoms with van der Waals surface area (Å²) in [6.45, 7) is 6.94. The van der Waals surface area contributed by atoms with Gasteiger partial charge in [0.15, 0.2) is 5.65 Å². The molecule has 2 saturated heterocycles. The lowest BCUT2D eigenvalue weighted by Gasteiger charge is -2.26. The Labute approximate surface area is 144 Å². The fraction of sp³-hybridized carbons (Fsp3) is 0.529. The van der Waals surface area contributed by atoms with Crippen LogP contribution in [0.4, 0.5) is 10.5 Å². The van der Waals surface area contributed by atoms with Crippen molar-refractivity contribution in [1.29, 1.82) is 0 Å². The molecule has 3 amide bonds. The predicted molar refractivity (Wildman–Crippen MR) is 90.2 cm³/mol. The number of hydrogen-bond acceptors (Lipinski definition) is 5. The first-order valence-electron chi connectivity index (χ1n) is 8.63. The van der Waals surface area contributed by atoms with Gasteiger partial charge in [-0.15, -0.1) is 0 Å². The smallest absolute Gasteiger partial charge is 0.321 e. The van der Waals surface area contributed by atoms with Gasteiger partial charge in [0.1, 0.15) is 0 Å². The molecular weight excluding hydrogens is 320 g/mol. The zero-order chi connectivity index (χ0) is 17.3. The summed E-state index contributed by atoms with van der Waals surface area (Å²) in [5, 5.41) is 9.52. The van der Waals surface area contributed by atoms with Crippen molar-refractivity contribution in [3.63, 3.8) is 0 Å². The average Bonchev–Trinajstić information content (AvgIpc) is 3.03. The minimum atomic E-state index is -0.489. The molecule has 2 N–H and O–H groups in total.